The van der Waals surface area contributed by atoms with E-state index in [1.165, 1.54) is 17.3 Å². The zero-order chi connectivity index (χ0) is 21.6. The van der Waals surface area contributed by atoms with Crippen LogP contribution in [0.25, 0.3) is 11.4 Å². The van der Waals surface area contributed by atoms with Gasteiger partial charge in [0.2, 0.25) is 11.7 Å². The van der Waals surface area contributed by atoms with Gasteiger partial charge in [-0.3, -0.25) is 0 Å². The number of hydrogen-bond donors (Lipinski definition) is 0. The number of aromatic nitrogens is 5. The Hall–Kier alpha value is -2.84. The second-order valence-corrected chi connectivity index (χ2v) is 8.18. The summed E-state index contributed by atoms with van der Waals surface area (Å²) in [6.45, 7) is 2.89. The monoisotopic (exact) mass is 455 g/mol. The third-order valence-electron chi connectivity index (χ3n) is 4.78. The van der Waals surface area contributed by atoms with Gasteiger partial charge in [-0.05, 0) is 43.2 Å². The highest BCUT2D eigenvalue weighted by Gasteiger charge is 2.14. The summed E-state index contributed by atoms with van der Waals surface area (Å²) < 4.78 is 12.7. The Morgan fingerprint density at radius 3 is 2.68 bits per heavy atom. The molecule has 0 amide bonds. The molecular formula is C22H22ClN5O2S. The van der Waals surface area contributed by atoms with E-state index >= 15 is 0 Å². The van der Waals surface area contributed by atoms with Crippen LogP contribution in [-0.2, 0) is 25.1 Å². The standard InChI is InChI=1S/C22H22ClN5O2S/c1-3-28-19(12-9-15-7-10-18(29-2)11-8-15)25-26-22(28)31-14-20-24-21(27-30-20)16-5-4-6-17(23)13-16/h4-8,10-11,13H,3,9,12,14H2,1-2H3. The van der Waals surface area contributed by atoms with E-state index in [2.05, 4.69) is 44.0 Å². The number of ether oxygens (including phenoxy) is 1. The molecular weight excluding hydrogens is 434 g/mol. The van der Waals surface area contributed by atoms with Gasteiger partial charge >= 0.3 is 0 Å². The van der Waals surface area contributed by atoms with Crippen molar-refractivity contribution in [2.75, 3.05) is 7.11 Å². The number of nitrogens with zero attached hydrogens (tertiary/aromatic N) is 5. The first-order valence-electron chi connectivity index (χ1n) is 9.92. The molecule has 0 spiro atoms. The summed E-state index contributed by atoms with van der Waals surface area (Å²) in [5, 5.41) is 14.3. The first kappa shape index (κ1) is 21.4. The molecule has 31 heavy (non-hydrogen) atoms. The van der Waals surface area contributed by atoms with Crippen LogP contribution in [0.15, 0.2) is 58.2 Å². The number of thioether (sulfide) groups is 1. The Balaban J connectivity index is 1.38. The molecule has 0 aliphatic heterocycles. The smallest absolute Gasteiger partial charge is 0.237 e. The number of methoxy groups -OCH3 is 1. The van der Waals surface area contributed by atoms with Gasteiger partial charge in [0.1, 0.15) is 11.6 Å². The van der Waals surface area contributed by atoms with Crippen LogP contribution in [0.2, 0.25) is 5.02 Å². The largest absolute Gasteiger partial charge is 0.497 e. The summed E-state index contributed by atoms with van der Waals surface area (Å²) in [5.41, 5.74) is 2.06. The third-order valence-corrected chi connectivity index (χ3v) is 5.97. The molecule has 160 valence electrons. The van der Waals surface area contributed by atoms with Gasteiger partial charge in [0, 0.05) is 23.6 Å². The van der Waals surface area contributed by atoms with Crippen molar-refractivity contribution in [3.05, 3.63) is 70.8 Å². The van der Waals surface area contributed by atoms with Gasteiger partial charge in [-0.2, -0.15) is 4.98 Å². The number of aryl methyl sites for hydroxylation is 2. The SMILES string of the molecule is CCn1c(CCc2ccc(OC)cc2)nnc1SCc1nc(-c2cccc(Cl)c2)no1. The maximum absolute atomic E-state index is 6.04. The summed E-state index contributed by atoms with van der Waals surface area (Å²) in [6, 6.07) is 15.5. The van der Waals surface area contributed by atoms with Crippen LogP contribution in [0.4, 0.5) is 0 Å². The number of benzene rings is 2. The zero-order valence-electron chi connectivity index (χ0n) is 17.3. The van der Waals surface area contributed by atoms with E-state index in [1.54, 1.807) is 7.11 Å². The molecule has 0 radical (unpaired) electrons. The molecule has 0 unspecified atom stereocenters. The van der Waals surface area contributed by atoms with Crippen LogP contribution < -0.4 is 4.74 Å². The van der Waals surface area contributed by atoms with Crippen LogP contribution in [0.1, 0.15) is 24.2 Å². The molecule has 0 fully saturated rings. The molecule has 2 aromatic heterocycles. The highest BCUT2D eigenvalue weighted by Crippen LogP contribution is 2.25. The lowest BCUT2D eigenvalue weighted by Crippen LogP contribution is -2.05. The van der Waals surface area contributed by atoms with Gasteiger partial charge in [-0.25, -0.2) is 0 Å². The van der Waals surface area contributed by atoms with Gasteiger partial charge in [0.15, 0.2) is 5.16 Å². The van der Waals surface area contributed by atoms with Crippen molar-refractivity contribution in [2.24, 2.45) is 0 Å². The third kappa shape index (κ3) is 5.26. The van der Waals surface area contributed by atoms with Crippen LogP contribution in [0.5, 0.6) is 5.75 Å². The molecule has 7 nitrogen and oxygen atoms in total. The molecule has 4 rings (SSSR count). The first-order valence-corrected chi connectivity index (χ1v) is 11.3. The highest BCUT2D eigenvalue weighted by molar-refractivity contribution is 7.98. The summed E-state index contributed by atoms with van der Waals surface area (Å²) in [5.74, 6) is 3.40. The lowest BCUT2D eigenvalue weighted by Gasteiger charge is -2.07. The fourth-order valence-electron chi connectivity index (χ4n) is 3.16. The Kier molecular flexibility index (Phi) is 6.89. The molecule has 0 N–H and O–H groups in total. The number of halogens is 1. The van der Waals surface area contributed by atoms with Crippen molar-refractivity contribution in [1.82, 2.24) is 24.9 Å². The Labute approximate surface area is 189 Å². The van der Waals surface area contributed by atoms with Crippen molar-refractivity contribution in [2.45, 2.75) is 37.2 Å². The Morgan fingerprint density at radius 1 is 1.10 bits per heavy atom. The van der Waals surface area contributed by atoms with E-state index in [4.69, 9.17) is 20.9 Å². The normalized spacial score (nSPS) is 11.1. The first-order chi connectivity index (χ1) is 15.2. The van der Waals surface area contributed by atoms with Crippen molar-refractivity contribution < 1.29 is 9.26 Å². The predicted octanol–water partition coefficient (Wildman–Crippen LogP) is 5.09. The average molecular weight is 456 g/mol. The minimum absolute atomic E-state index is 0.518. The molecule has 2 heterocycles. The lowest BCUT2D eigenvalue weighted by atomic mass is 10.1. The fourth-order valence-corrected chi connectivity index (χ4v) is 4.21. The van der Waals surface area contributed by atoms with Gasteiger partial charge < -0.3 is 13.8 Å². The van der Waals surface area contributed by atoms with Crippen molar-refractivity contribution in [1.29, 1.82) is 0 Å². The topological polar surface area (TPSA) is 78.9 Å². The molecule has 2 aromatic carbocycles. The van der Waals surface area contributed by atoms with Gasteiger partial charge in [0.25, 0.3) is 0 Å². The lowest BCUT2D eigenvalue weighted by molar-refractivity contribution is 0.391. The molecule has 0 bridgehead atoms. The fraction of sp³-hybridized carbons (Fsp3) is 0.273. The number of hydrogen-bond acceptors (Lipinski definition) is 7. The van der Waals surface area contributed by atoms with E-state index in [9.17, 15) is 0 Å². The molecule has 0 saturated carbocycles. The van der Waals surface area contributed by atoms with E-state index in [0.29, 0.717) is 22.5 Å². The molecule has 0 aliphatic rings. The summed E-state index contributed by atoms with van der Waals surface area (Å²) in [6.07, 6.45) is 1.70. The highest BCUT2D eigenvalue weighted by atomic mass is 35.5. The van der Waals surface area contributed by atoms with Crippen LogP contribution in [0, 0.1) is 0 Å². The summed E-state index contributed by atoms with van der Waals surface area (Å²) in [4.78, 5) is 4.46. The predicted molar refractivity (Wildman–Crippen MR) is 120 cm³/mol. The van der Waals surface area contributed by atoms with E-state index in [-0.39, 0.29) is 0 Å². The van der Waals surface area contributed by atoms with Crippen LogP contribution >= 0.6 is 23.4 Å². The molecule has 0 saturated heterocycles. The van der Waals surface area contributed by atoms with Crippen molar-refractivity contribution in [3.63, 3.8) is 0 Å². The quantitative estimate of drug-likeness (QED) is 0.325. The van der Waals surface area contributed by atoms with Crippen LogP contribution in [0.3, 0.4) is 0 Å². The minimum Gasteiger partial charge on any atom is -0.497 e. The van der Waals surface area contributed by atoms with Gasteiger partial charge in [-0.15, -0.1) is 10.2 Å². The second-order valence-electron chi connectivity index (χ2n) is 6.80. The van der Waals surface area contributed by atoms with Crippen LogP contribution in [-0.4, -0.2) is 32.0 Å². The summed E-state index contributed by atoms with van der Waals surface area (Å²) in [7, 11) is 1.67. The Morgan fingerprint density at radius 2 is 1.94 bits per heavy atom. The van der Waals surface area contributed by atoms with E-state index in [1.807, 2.05) is 36.4 Å². The average Bonchev–Trinajstić information content (AvgIpc) is 3.43. The van der Waals surface area contributed by atoms with E-state index in [0.717, 1.165) is 41.7 Å². The molecule has 0 atom stereocenters. The minimum atomic E-state index is 0.518. The maximum atomic E-state index is 6.04. The molecule has 9 heteroatoms. The number of rotatable bonds is 9. The Bertz CT molecular complexity index is 1140. The van der Waals surface area contributed by atoms with Crippen molar-refractivity contribution in [3.8, 4) is 17.1 Å². The van der Waals surface area contributed by atoms with Crippen molar-refractivity contribution >= 4 is 23.4 Å². The maximum Gasteiger partial charge on any atom is 0.237 e. The van der Waals surface area contributed by atoms with E-state index < -0.39 is 0 Å². The second kappa shape index (κ2) is 9.98. The molecule has 0 aliphatic carbocycles. The molecule has 4 aromatic rings. The van der Waals surface area contributed by atoms with Gasteiger partial charge in [0.05, 0.1) is 12.9 Å². The summed E-state index contributed by atoms with van der Waals surface area (Å²) >= 11 is 7.58. The van der Waals surface area contributed by atoms with Gasteiger partial charge in [-0.1, -0.05) is 52.8 Å². The zero-order valence-corrected chi connectivity index (χ0v) is 18.9.